The summed E-state index contributed by atoms with van der Waals surface area (Å²) in [6.07, 6.45) is 2.57. The minimum atomic E-state index is -0.700. The summed E-state index contributed by atoms with van der Waals surface area (Å²) in [7, 11) is 0. The molecule has 2 unspecified atom stereocenters. The van der Waals surface area contributed by atoms with Gasteiger partial charge in [0.05, 0.1) is 5.71 Å². The van der Waals surface area contributed by atoms with Crippen LogP contribution in [-0.2, 0) is 14.3 Å². The van der Waals surface area contributed by atoms with E-state index in [1.54, 1.807) is 0 Å². The normalized spacial score (nSPS) is 18.0. The number of Topliss-reactive ketones (excluding diaryl/α,β-unsaturated/α-hetero) is 1. The highest BCUT2D eigenvalue weighted by Crippen LogP contribution is 2.29. The highest BCUT2D eigenvalue weighted by molar-refractivity contribution is 6.13. The molecular weight excluding hydrogens is 362 g/mol. The lowest BCUT2D eigenvalue weighted by atomic mass is 9.83. The number of hydrogen-bond acceptors (Lipinski definition) is 4. The van der Waals surface area contributed by atoms with Crippen LogP contribution in [-0.4, -0.2) is 29.1 Å². The maximum Gasteiger partial charge on any atom is 0.331 e. The van der Waals surface area contributed by atoms with Crippen LogP contribution < -0.4 is 0 Å². The summed E-state index contributed by atoms with van der Waals surface area (Å²) in [5.41, 5.74) is 2.02. The number of esters is 1. The zero-order chi connectivity index (χ0) is 20.9. The van der Waals surface area contributed by atoms with E-state index in [1.807, 2.05) is 81.4 Å². The lowest BCUT2D eigenvalue weighted by Gasteiger charge is -2.29. The second kappa shape index (κ2) is 9.17. The smallest absolute Gasteiger partial charge is 0.331 e. The molecule has 0 saturated heterocycles. The van der Waals surface area contributed by atoms with Crippen molar-refractivity contribution in [1.29, 1.82) is 0 Å². The van der Waals surface area contributed by atoms with Crippen LogP contribution >= 0.6 is 0 Å². The number of ketones is 1. The Balaban J connectivity index is 2.06. The third kappa shape index (κ3) is 5.86. The molecule has 0 heterocycles. The second-order valence-corrected chi connectivity index (χ2v) is 8.58. The first kappa shape index (κ1) is 21.0. The average molecular weight is 392 g/mol. The molecule has 0 aliphatic heterocycles. The van der Waals surface area contributed by atoms with E-state index >= 15 is 0 Å². The predicted octanol–water partition coefficient (Wildman–Crippen LogP) is 4.99. The molecule has 4 nitrogen and oxygen atoms in total. The number of hydrogen-bond donors (Lipinski definition) is 0. The lowest BCUT2D eigenvalue weighted by molar-refractivity contribution is -0.158. The van der Waals surface area contributed by atoms with Crippen molar-refractivity contribution in [3.8, 4) is 0 Å². The topological polar surface area (TPSA) is 55.7 Å². The molecule has 1 aliphatic rings. The Labute approximate surface area is 173 Å². The second-order valence-electron chi connectivity index (χ2n) is 8.58. The summed E-state index contributed by atoms with van der Waals surface area (Å²) in [6, 6.07) is 19.0. The van der Waals surface area contributed by atoms with Gasteiger partial charge in [0, 0.05) is 24.0 Å². The largest absolute Gasteiger partial charge is 0.458 e. The first-order chi connectivity index (χ1) is 13.8. The van der Waals surface area contributed by atoms with Crippen LogP contribution in [0.4, 0.5) is 0 Å². The number of carbonyl (C=O) groups is 2. The molecule has 2 aromatic carbocycles. The van der Waals surface area contributed by atoms with Gasteiger partial charge in [-0.1, -0.05) is 60.7 Å². The van der Waals surface area contributed by atoms with E-state index in [0.717, 1.165) is 29.7 Å². The van der Waals surface area contributed by atoms with Crippen molar-refractivity contribution in [2.45, 2.75) is 58.1 Å². The van der Waals surface area contributed by atoms with Gasteiger partial charge in [0.15, 0.2) is 6.04 Å². The van der Waals surface area contributed by atoms with E-state index in [-0.39, 0.29) is 17.7 Å². The Hall–Kier alpha value is -2.75. The van der Waals surface area contributed by atoms with E-state index in [0.29, 0.717) is 12.8 Å². The molecule has 4 heteroatoms. The van der Waals surface area contributed by atoms with Crippen LogP contribution in [0.2, 0.25) is 0 Å². The molecule has 0 bridgehead atoms. The van der Waals surface area contributed by atoms with Gasteiger partial charge in [-0.3, -0.25) is 9.79 Å². The third-order valence-electron chi connectivity index (χ3n) is 4.98. The number of ether oxygens (including phenoxy) is 1. The van der Waals surface area contributed by atoms with Gasteiger partial charge in [-0.05, 0) is 39.5 Å². The SMILES string of the molecule is CC(C)(C)OC(=O)C(N=C(c1ccccc1)c1ccccc1)C1CCCC(=O)C1. The fourth-order valence-corrected chi connectivity index (χ4v) is 3.69. The van der Waals surface area contributed by atoms with Crippen LogP contribution in [0.1, 0.15) is 57.6 Å². The monoisotopic (exact) mass is 391 g/mol. The summed E-state index contributed by atoms with van der Waals surface area (Å²) in [4.78, 5) is 30.2. The van der Waals surface area contributed by atoms with Gasteiger partial charge in [-0.25, -0.2) is 4.79 Å². The molecule has 2 aromatic rings. The summed E-state index contributed by atoms with van der Waals surface area (Å²) >= 11 is 0. The van der Waals surface area contributed by atoms with Crippen LogP contribution in [0.15, 0.2) is 65.7 Å². The number of aliphatic imine (C=N–C) groups is 1. The van der Waals surface area contributed by atoms with Gasteiger partial charge in [0.2, 0.25) is 0 Å². The molecule has 1 fully saturated rings. The molecule has 0 spiro atoms. The Morgan fingerprint density at radius 1 is 1.00 bits per heavy atom. The summed E-state index contributed by atoms with van der Waals surface area (Å²) in [5, 5.41) is 0. The van der Waals surface area contributed by atoms with Crippen molar-refractivity contribution >= 4 is 17.5 Å². The maximum absolute atomic E-state index is 13.1. The molecule has 0 amide bonds. The van der Waals surface area contributed by atoms with Gasteiger partial charge in [-0.15, -0.1) is 0 Å². The molecule has 1 aliphatic carbocycles. The van der Waals surface area contributed by atoms with Gasteiger partial charge in [-0.2, -0.15) is 0 Å². The van der Waals surface area contributed by atoms with E-state index < -0.39 is 11.6 Å². The Kier molecular flexibility index (Phi) is 6.63. The molecule has 1 saturated carbocycles. The van der Waals surface area contributed by atoms with Crippen LogP contribution in [0.5, 0.6) is 0 Å². The van der Waals surface area contributed by atoms with E-state index in [2.05, 4.69) is 0 Å². The van der Waals surface area contributed by atoms with Crippen LogP contribution in [0.3, 0.4) is 0 Å². The van der Waals surface area contributed by atoms with Crippen molar-refractivity contribution in [3.63, 3.8) is 0 Å². The first-order valence-corrected chi connectivity index (χ1v) is 10.3. The zero-order valence-corrected chi connectivity index (χ0v) is 17.4. The fourth-order valence-electron chi connectivity index (χ4n) is 3.69. The minimum Gasteiger partial charge on any atom is -0.458 e. The van der Waals surface area contributed by atoms with Gasteiger partial charge in [0.25, 0.3) is 0 Å². The molecule has 0 aromatic heterocycles. The molecule has 2 atom stereocenters. The van der Waals surface area contributed by atoms with Crippen molar-refractivity contribution in [2.75, 3.05) is 0 Å². The maximum atomic E-state index is 13.1. The molecule has 0 radical (unpaired) electrons. The van der Waals surface area contributed by atoms with E-state index in [4.69, 9.17) is 9.73 Å². The average Bonchev–Trinajstić information content (AvgIpc) is 2.68. The Bertz CT molecular complexity index is 824. The zero-order valence-electron chi connectivity index (χ0n) is 17.4. The number of rotatable bonds is 5. The summed E-state index contributed by atoms with van der Waals surface area (Å²) in [6.45, 7) is 5.56. The molecule has 0 N–H and O–H groups in total. The Morgan fingerprint density at radius 3 is 2.03 bits per heavy atom. The van der Waals surface area contributed by atoms with Crippen molar-refractivity contribution < 1.29 is 14.3 Å². The van der Waals surface area contributed by atoms with Crippen molar-refractivity contribution in [1.82, 2.24) is 0 Å². The minimum absolute atomic E-state index is 0.131. The highest BCUT2D eigenvalue weighted by Gasteiger charge is 2.35. The van der Waals surface area contributed by atoms with E-state index in [1.165, 1.54) is 0 Å². The summed E-state index contributed by atoms with van der Waals surface area (Å²) < 4.78 is 5.70. The molecular formula is C25H29NO3. The fraction of sp³-hybridized carbons (Fsp3) is 0.400. The number of carbonyl (C=O) groups excluding carboxylic acids is 2. The highest BCUT2D eigenvalue weighted by atomic mass is 16.6. The predicted molar refractivity (Wildman–Crippen MR) is 115 cm³/mol. The van der Waals surface area contributed by atoms with Gasteiger partial charge in [0.1, 0.15) is 11.4 Å². The molecule has 29 heavy (non-hydrogen) atoms. The summed E-state index contributed by atoms with van der Waals surface area (Å²) in [5.74, 6) is -0.291. The van der Waals surface area contributed by atoms with Crippen LogP contribution in [0, 0.1) is 5.92 Å². The lowest BCUT2D eigenvalue weighted by Crippen LogP contribution is -2.38. The quantitative estimate of drug-likeness (QED) is 0.533. The standard InChI is InChI=1S/C25H29NO3/c1-25(2,3)29-24(28)23(20-15-10-16-21(27)17-20)26-22(18-11-6-4-7-12-18)19-13-8-5-9-14-19/h4-9,11-14,20,23H,10,15-17H2,1-3H3. The number of nitrogens with zero attached hydrogens (tertiary/aromatic N) is 1. The first-order valence-electron chi connectivity index (χ1n) is 10.3. The van der Waals surface area contributed by atoms with Gasteiger partial charge < -0.3 is 4.74 Å². The van der Waals surface area contributed by atoms with Crippen molar-refractivity contribution in [3.05, 3.63) is 71.8 Å². The van der Waals surface area contributed by atoms with Gasteiger partial charge >= 0.3 is 5.97 Å². The van der Waals surface area contributed by atoms with Crippen molar-refractivity contribution in [2.24, 2.45) is 10.9 Å². The molecule has 3 rings (SSSR count). The third-order valence-corrected chi connectivity index (χ3v) is 4.98. The molecule has 152 valence electrons. The Morgan fingerprint density at radius 2 is 1.55 bits per heavy atom. The number of benzene rings is 2. The van der Waals surface area contributed by atoms with E-state index in [9.17, 15) is 9.59 Å². The van der Waals surface area contributed by atoms with Crippen LogP contribution in [0.25, 0.3) is 0 Å².